The first-order valence-corrected chi connectivity index (χ1v) is 10.9. The number of carbonyl (C=O) groups excluding carboxylic acids is 3. The van der Waals surface area contributed by atoms with Crippen LogP contribution in [-0.4, -0.2) is 43.5 Å². The minimum Gasteiger partial charge on any atom is -0.376 e. The summed E-state index contributed by atoms with van der Waals surface area (Å²) in [4.78, 5) is 39.4. The summed E-state index contributed by atoms with van der Waals surface area (Å²) in [7, 11) is 0. The number of nitrogens with zero attached hydrogens (tertiary/aromatic N) is 1. The van der Waals surface area contributed by atoms with Crippen molar-refractivity contribution in [2.24, 2.45) is 5.92 Å². The molecule has 2 aliphatic heterocycles. The number of carbonyl (C=O) groups is 3. The molecule has 3 amide bonds. The monoisotopic (exact) mass is 459 g/mol. The van der Waals surface area contributed by atoms with E-state index in [2.05, 4.69) is 10.6 Å². The molecule has 2 aliphatic rings. The predicted molar refractivity (Wildman–Crippen MR) is 118 cm³/mol. The molecule has 0 bridgehead atoms. The average molecular weight is 460 g/mol. The van der Waals surface area contributed by atoms with Crippen LogP contribution in [0.15, 0.2) is 42.5 Å². The van der Waals surface area contributed by atoms with Crippen LogP contribution in [0.25, 0.3) is 0 Å². The molecule has 2 N–H and O–H groups in total. The topological polar surface area (TPSA) is 87.7 Å². The van der Waals surface area contributed by atoms with Gasteiger partial charge in [0.1, 0.15) is 5.82 Å². The zero-order chi connectivity index (χ0) is 22.7. The van der Waals surface area contributed by atoms with Crippen molar-refractivity contribution in [2.75, 3.05) is 29.9 Å². The fourth-order valence-corrected chi connectivity index (χ4v) is 4.09. The lowest BCUT2D eigenvalue weighted by molar-refractivity contribution is -0.122. The highest BCUT2D eigenvalue weighted by molar-refractivity contribution is 6.31. The second-order valence-corrected chi connectivity index (χ2v) is 8.29. The van der Waals surface area contributed by atoms with Gasteiger partial charge < -0.3 is 20.3 Å². The van der Waals surface area contributed by atoms with E-state index in [0.29, 0.717) is 30.1 Å². The average Bonchev–Trinajstić information content (AvgIpc) is 3.44. The van der Waals surface area contributed by atoms with Crippen LogP contribution < -0.4 is 15.5 Å². The molecule has 2 heterocycles. The second-order valence-electron chi connectivity index (χ2n) is 7.88. The molecule has 9 heteroatoms. The summed E-state index contributed by atoms with van der Waals surface area (Å²) in [6.07, 6.45) is 1.91. The molecular formula is C23H23ClFN3O4. The maximum absolute atomic E-state index is 13.4. The van der Waals surface area contributed by atoms with Gasteiger partial charge in [0, 0.05) is 31.8 Å². The third-order valence-corrected chi connectivity index (χ3v) is 5.94. The van der Waals surface area contributed by atoms with E-state index in [0.717, 1.165) is 12.8 Å². The highest BCUT2D eigenvalue weighted by atomic mass is 35.5. The molecule has 0 saturated carbocycles. The lowest BCUT2D eigenvalue weighted by Gasteiger charge is -2.18. The van der Waals surface area contributed by atoms with E-state index in [-0.39, 0.29) is 41.8 Å². The number of nitrogens with one attached hydrogen (secondary N) is 2. The Morgan fingerprint density at radius 2 is 2.03 bits per heavy atom. The number of halogens is 2. The van der Waals surface area contributed by atoms with E-state index in [1.165, 1.54) is 23.1 Å². The van der Waals surface area contributed by atoms with Crippen molar-refractivity contribution in [3.63, 3.8) is 0 Å². The van der Waals surface area contributed by atoms with Gasteiger partial charge in [0.25, 0.3) is 5.91 Å². The fourth-order valence-electron chi connectivity index (χ4n) is 3.92. The molecule has 0 spiro atoms. The fraction of sp³-hybridized carbons (Fsp3) is 0.348. The Hall–Kier alpha value is -2.97. The van der Waals surface area contributed by atoms with Crippen molar-refractivity contribution in [3.8, 4) is 0 Å². The molecule has 168 valence electrons. The Morgan fingerprint density at radius 1 is 1.22 bits per heavy atom. The number of para-hydroxylation sites is 1. The minimum absolute atomic E-state index is 0.00815. The van der Waals surface area contributed by atoms with Gasteiger partial charge in [-0.25, -0.2) is 4.39 Å². The molecule has 2 aromatic carbocycles. The van der Waals surface area contributed by atoms with Gasteiger partial charge in [-0.15, -0.1) is 0 Å². The second kappa shape index (κ2) is 9.67. The Balaban J connectivity index is 1.41. The molecule has 2 atom stereocenters. The van der Waals surface area contributed by atoms with Gasteiger partial charge in [0.15, 0.2) is 0 Å². The number of hydrogen-bond donors (Lipinski definition) is 2. The molecular weight excluding hydrogens is 437 g/mol. The quantitative estimate of drug-likeness (QED) is 0.693. The van der Waals surface area contributed by atoms with Crippen molar-refractivity contribution < 1.29 is 23.5 Å². The van der Waals surface area contributed by atoms with Crippen LogP contribution in [0.3, 0.4) is 0 Å². The van der Waals surface area contributed by atoms with Crippen LogP contribution in [0.2, 0.25) is 5.02 Å². The minimum atomic E-state index is -0.616. The van der Waals surface area contributed by atoms with Crippen molar-refractivity contribution in [3.05, 3.63) is 58.9 Å². The van der Waals surface area contributed by atoms with Crippen molar-refractivity contribution in [1.82, 2.24) is 5.32 Å². The van der Waals surface area contributed by atoms with Gasteiger partial charge in [0.05, 0.1) is 28.3 Å². The number of benzene rings is 2. The summed E-state index contributed by atoms with van der Waals surface area (Å²) < 4.78 is 19.0. The van der Waals surface area contributed by atoms with E-state index in [9.17, 15) is 18.8 Å². The van der Waals surface area contributed by atoms with E-state index < -0.39 is 11.7 Å². The van der Waals surface area contributed by atoms with E-state index in [1.807, 2.05) is 0 Å². The molecule has 7 nitrogen and oxygen atoms in total. The van der Waals surface area contributed by atoms with E-state index >= 15 is 0 Å². The first kappa shape index (κ1) is 22.2. The van der Waals surface area contributed by atoms with Gasteiger partial charge in [-0.05, 0) is 43.2 Å². The van der Waals surface area contributed by atoms with Crippen LogP contribution in [0.5, 0.6) is 0 Å². The van der Waals surface area contributed by atoms with Crippen LogP contribution in [0.4, 0.5) is 15.8 Å². The Bertz CT molecular complexity index is 1040. The van der Waals surface area contributed by atoms with Crippen LogP contribution in [0, 0.1) is 11.7 Å². The van der Waals surface area contributed by atoms with E-state index in [1.54, 1.807) is 24.3 Å². The molecule has 2 fully saturated rings. The Morgan fingerprint density at radius 3 is 2.78 bits per heavy atom. The van der Waals surface area contributed by atoms with Gasteiger partial charge in [-0.3, -0.25) is 14.4 Å². The largest absolute Gasteiger partial charge is 0.376 e. The summed E-state index contributed by atoms with van der Waals surface area (Å²) in [6.45, 7) is 1.25. The molecule has 0 radical (unpaired) electrons. The van der Waals surface area contributed by atoms with Crippen LogP contribution in [0.1, 0.15) is 29.6 Å². The molecule has 32 heavy (non-hydrogen) atoms. The maximum Gasteiger partial charge on any atom is 0.253 e. The zero-order valence-electron chi connectivity index (χ0n) is 17.3. The van der Waals surface area contributed by atoms with Gasteiger partial charge in [-0.1, -0.05) is 23.7 Å². The van der Waals surface area contributed by atoms with Crippen LogP contribution >= 0.6 is 11.6 Å². The van der Waals surface area contributed by atoms with Crippen molar-refractivity contribution >= 4 is 40.7 Å². The number of rotatable bonds is 6. The molecule has 2 unspecified atom stereocenters. The third-order valence-electron chi connectivity index (χ3n) is 5.65. The smallest absolute Gasteiger partial charge is 0.253 e. The summed E-state index contributed by atoms with van der Waals surface area (Å²) in [5.74, 6) is -2.12. The SMILES string of the molecule is O=C(NCC1CCCO1)c1ccccc1NC(=O)C1CC(=O)N(c2ccc(F)c(Cl)c2)C1. The Labute approximate surface area is 189 Å². The lowest BCUT2D eigenvalue weighted by Crippen LogP contribution is -2.33. The standard InChI is InChI=1S/C23H23ClFN3O4/c24-18-11-15(7-8-19(18)25)28-13-14(10-21(28)29)22(30)27-20-6-2-1-5-17(20)23(31)26-12-16-4-3-9-32-16/h1-2,5-8,11,14,16H,3-4,9-10,12-13H2,(H,26,31)(H,27,30). The summed E-state index contributed by atoms with van der Waals surface area (Å²) in [5.41, 5.74) is 1.15. The summed E-state index contributed by atoms with van der Waals surface area (Å²) >= 11 is 5.82. The van der Waals surface area contributed by atoms with Crippen molar-refractivity contribution in [1.29, 1.82) is 0 Å². The van der Waals surface area contributed by atoms with Crippen molar-refractivity contribution in [2.45, 2.75) is 25.4 Å². The normalized spacial score (nSPS) is 20.4. The lowest BCUT2D eigenvalue weighted by atomic mass is 10.1. The number of anilines is 2. The third kappa shape index (κ3) is 4.92. The van der Waals surface area contributed by atoms with Gasteiger partial charge >= 0.3 is 0 Å². The molecule has 0 aromatic heterocycles. The first-order valence-electron chi connectivity index (χ1n) is 10.5. The summed E-state index contributed by atoms with van der Waals surface area (Å²) in [6, 6.07) is 10.7. The zero-order valence-corrected chi connectivity index (χ0v) is 18.0. The van der Waals surface area contributed by atoms with Gasteiger partial charge in [-0.2, -0.15) is 0 Å². The molecule has 0 aliphatic carbocycles. The molecule has 2 aromatic rings. The van der Waals surface area contributed by atoms with E-state index in [4.69, 9.17) is 16.3 Å². The van der Waals surface area contributed by atoms with Crippen LogP contribution in [-0.2, 0) is 14.3 Å². The number of ether oxygens (including phenoxy) is 1. The highest BCUT2D eigenvalue weighted by Gasteiger charge is 2.35. The number of amides is 3. The summed E-state index contributed by atoms with van der Waals surface area (Å²) in [5, 5.41) is 5.54. The number of hydrogen-bond acceptors (Lipinski definition) is 4. The highest BCUT2D eigenvalue weighted by Crippen LogP contribution is 2.29. The maximum atomic E-state index is 13.4. The van der Waals surface area contributed by atoms with Gasteiger partial charge in [0.2, 0.25) is 11.8 Å². The first-order chi connectivity index (χ1) is 15.4. The predicted octanol–water partition coefficient (Wildman–Crippen LogP) is 3.38. The molecule has 4 rings (SSSR count). The Kier molecular flexibility index (Phi) is 6.72. The molecule has 2 saturated heterocycles.